The van der Waals surface area contributed by atoms with Crippen molar-refractivity contribution in [2.75, 3.05) is 48.1 Å². The number of methoxy groups -OCH3 is 4. The summed E-state index contributed by atoms with van der Waals surface area (Å²) >= 11 is 0. The van der Waals surface area contributed by atoms with E-state index in [9.17, 15) is 30.0 Å². The van der Waals surface area contributed by atoms with Crippen LogP contribution in [0.3, 0.4) is 0 Å². The normalized spacial score (nSPS) is 50.7. The summed E-state index contributed by atoms with van der Waals surface area (Å²) in [6, 6.07) is 7.87. The lowest BCUT2D eigenvalue weighted by Crippen LogP contribution is -2.83. The second-order valence-electron chi connectivity index (χ2n) is 14.5. The van der Waals surface area contributed by atoms with E-state index in [4.69, 9.17) is 28.4 Å². The van der Waals surface area contributed by atoms with Gasteiger partial charge in [-0.2, -0.15) is 0 Å². The van der Waals surface area contributed by atoms with Crippen molar-refractivity contribution in [2.24, 2.45) is 34.5 Å². The van der Waals surface area contributed by atoms with Crippen molar-refractivity contribution in [3.05, 3.63) is 35.9 Å². The Morgan fingerprint density at radius 1 is 0.936 bits per heavy atom. The van der Waals surface area contributed by atoms with E-state index in [1.54, 1.807) is 44.6 Å². The Kier molecular flexibility index (Phi) is 7.91. The number of nitrogens with zero attached hydrogens (tertiary/aromatic N) is 1. The highest BCUT2D eigenvalue weighted by atomic mass is 16.6. The minimum absolute atomic E-state index is 0.0393. The zero-order valence-electron chi connectivity index (χ0n) is 27.6. The highest BCUT2D eigenvalue weighted by Gasteiger charge is 2.93. The van der Waals surface area contributed by atoms with Crippen LogP contribution in [-0.2, 0) is 33.2 Å². The van der Waals surface area contributed by atoms with E-state index in [1.807, 2.05) is 6.92 Å². The number of rotatable bonds is 9. The molecule has 7 bridgehead atoms. The number of fused-ring (bicyclic) bond motifs is 2. The van der Waals surface area contributed by atoms with Crippen molar-refractivity contribution in [2.45, 2.75) is 80.2 Å². The monoisotopic (exact) mass is 661 g/mol. The van der Waals surface area contributed by atoms with Crippen LogP contribution in [0.25, 0.3) is 0 Å². The van der Waals surface area contributed by atoms with Crippen LogP contribution in [0.5, 0.6) is 0 Å². The first-order chi connectivity index (χ1) is 22.4. The van der Waals surface area contributed by atoms with Gasteiger partial charge in [0.05, 0.1) is 30.5 Å². The van der Waals surface area contributed by atoms with Crippen molar-refractivity contribution < 1.29 is 58.4 Å². The Hall–Kier alpha value is -2.20. The molecule has 1 aromatic carbocycles. The fourth-order valence-corrected chi connectivity index (χ4v) is 12.4. The molecule has 0 aromatic heterocycles. The fraction of sp³-hybridized carbons (Fsp3) is 0.765. The van der Waals surface area contributed by atoms with Gasteiger partial charge in [-0.25, -0.2) is 4.79 Å². The molecule has 0 unspecified atom stereocenters. The maximum atomic E-state index is 13.8. The quantitative estimate of drug-likeness (QED) is 0.253. The van der Waals surface area contributed by atoms with E-state index in [2.05, 4.69) is 4.90 Å². The second-order valence-corrected chi connectivity index (χ2v) is 14.5. The van der Waals surface area contributed by atoms with Crippen LogP contribution in [0.1, 0.15) is 30.6 Å². The van der Waals surface area contributed by atoms with Crippen molar-refractivity contribution >= 4 is 11.9 Å². The van der Waals surface area contributed by atoms with E-state index in [0.29, 0.717) is 13.1 Å². The van der Waals surface area contributed by atoms with Gasteiger partial charge in [-0.05, 0) is 31.0 Å². The van der Waals surface area contributed by atoms with Crippen LogP contribution in [0.15, 0.2) is 30.3 Å². The van der Waals surface area contributed by atoms with E-state index in [1.165, 1.54) is 21.1 Å². The van der Waals surface area contributed by atoms with Crippen LogP contribution in [-0.4, -0.2) is 145 Å². The fourth-order valence-electron chi connectivity index (χ4n) is 12.4. The molecular weight excluding hydrogens is 614 g/mol. The van der Waals surface area contributed by atoms with Crippen molar-refractivity contribution in [3.63, 3.8) is 0 Å². The number of hydrogen-bond donors (Lipinski definition) is 4. The lowest BCUT2D eigenvalue weighted by Gasteiger charge is -2.71. The van der Waals surface area contributed by atoms with Gasteiger partial charge in [0.2, 0.25) is 0 Å². The van der Waals surface area contributed by atoms with E-state index < -0.39 is 106 Å². The number of aliphatic hydroxyl groups excluding tert-OH is 3. The van der Waals surface area contributed by atoms with Gasteiger partial charge >= 0.3 is 11.9 Å². The molecule has 6 fully saturated rings. The van der Waals surface area contributed by atoms with Gasteiger partial charge in [0.15, 0.2) is 5.60 Å². The molecule has 1 aromatic rings. The molecule has 1 aliphatic heterocycles. The average molecular weight is 662 g/mol. The molecule has 5 aliphatic carbocycles. The first-order valence-corrected chi connectivity index (χ1v) is 16.5. The van der Waals surface area contributed by atoms with E-state index >= 15 is 0 Å². The summed E-state index contributed by atoms with van der Waals surface area (Å²) in [5.74, 6) is -4.35. The number of benzene rings is 1. The Morgan fingerprint density at radius 2 is 1.62 bits per heavy atom. The van der Waals surface area contributed by atoms with Gasteiger partial charge in [0.1, 0.15) is 30.0 Å². The molecule has 1 spiro atoms. The standard InChI is InChI=1S/C34H47NO12/c1-7-35-14-31(15-42-3)23-22(43-4)20-24(35)33(23,28(44-5)21(37)25(31)38)18-13-32(41)27(46-30(40)17-11-9-8-10-12-17)19(18)34(20,47-16(2)36)26(39)29(32)45-6/h8-12,18-29,37-39,41H,7,13-15H2,1-6H3/t18-,19-,20+,21-,22+,23-,24-,25-,26+,27-,28+,29+,31-,32-,33+,34-/m1/s1. The Morgan fingerprint density at radius 3 is 2.19 bits per heavy atom. The smallest absolute Gasteiger partial charge is 0.338 e. The molecule has 7 rings (SSSR count). The Bertz CT molecular complexity index is 1400. The number of ether oxygens (including phenoxy) is 6. The Balaban J connectivity index is 1.55. The molecule has 13 nitrogen and oxygen atoms in total. The van der Waals surface area contributed by atoms with Gasteiger partial charge in [-0.1, -0.05) is 25.1 Å². The molecule has 1 saturated heterocycles. The molecular formula is C34H47NO12. The highest BCUT2D eigenvalue weighted by molar-refractivity contribution is 5.89. The zero-order chi connectivity index (χ0) is 33.8. The predicted molar refractivity (Wildman–Crippen MR) is 162 cm³/mol. The first kappa shape index (κ1) is 33.3. The van der Waals surface area contributed by atoms with Gasteiger partial charge in [0.25, 0.3) is 0 Å². The number of aliphatic hydroxyl groups is 4. The van der Waals surface area contributed by atoms with Crippen LogP contribution in [0.4, 0.5) is 0 Å². The summed E-state index contributed by atoms with van der Waals surface area (Å²) in [5.41, 5.74) is -5.57. The van der Waals surface area contributed by atoms with Gasteiger partial charge in [-0.3, -0.25) is 9.69 Å². The maximum Gasteiger partial charge on any atom is 0.338 e. The summed E-state index contributed by atoms with van der Waals surface area (Å²) in [6.07, 6.45) is -8.59. The molecule has 6 aliphatic rings. The van der Waals surface area contributed by atoms with Crippen LogP contribution in [0.2, 0.25) is 0 Å². The molecule has 260 valence electrons. The zero-order valence-corrected chi connectivity index (χ0v) is 27.6. The molecule has 4 N–H and O–H groups in total. The van der Waals surface area contributed by atoms with Gasteiger partial charge in [0, 0.05) is 76.5 Å². The predicted octanol–water partition coefficient (Wildman–Crippen LogP) is -0.381. The molecule has 1 heterocycles. The van der Waals surface area contributed by atoms with Crippen LogP contribution >= 0.6 is 0 Å². The molecule has 47 heavy (non-hydrogen) atoms. The number of carbonyl (C=O) groups excluding carboxylic acids is 2. The van der Waals surface area contributed by atoms with Crippen molar-refractivity contribution in [3.8, 4) is 0 Å². The minimum atomic E-state index is -1.92. The number of hydrogen-bond acceptors (Lipinski definition) is 13. The second kappa shape index (κ2) is 11.2. The lowest BCUT2D eigenvalue weighted by molar-refractivity contribution is -0.335. The minimum Gasteiger partial charge on any atom is -0.455 e. The van der Waals surface area contributed by atoms with Crippen LogP contribution in [0, 0.1) is 34.5 Å². The number of likely N-dealkylation sites (tertiary alicyclic amines) is 1. The molecule has 16 atom stereocenters. The van der Waals surface area contributed by atoms with E-state index in [0.717, 1.165) is 0 Å². The highest BCUT2D eigenvalue weighted by Crippen LogP contribution is 2.80. The summed E-state index contributed by atoms with van der Waals surface area (Å²) in [5, 5.41) is 49.3. The van der Waals surface area contributed by atoms with Crippen LogP contribution < -0.4 is 0 Å². The van der Waals surface area contributed by atoms with Gasteiger partial charge in [-0.15, -0.1) is 0 Å². The Labute approximate surface area is 274 Å². The third-order valence-corrected chi connectivity index (χ3v) is 13.2. The molecule has 0 amide bonds. The summed E-state index contributed by atoms with van der Waals surface area (Å²) < 4.78 is 37.0. The average Bonchev–Trinajstić information content (AvgIpc) is 3.42. The SMILES string of the molecule is CCN1C[C@]2(COC)[C@H](O)[C@@H](O)[C@H](OC)[C@@]34[C@@H]5C[C@@]6(O)[C@H](OC(=O)c7ccccc7)[C@@H]5[C@@](OC(C)=O)([C@@H]([C@H](OC)[C@H]23)[C@@H]14)[C@@H](O)[C@@H]6OC. The molecule has 5 saturated carbocycles. The first-order valence-electron chi connectivity index (χ1n) is 16.5. The van der Waals surface area contributed by atoms with E-state index in [-0.39, 0.29) is 18.6 Å². The van der Waals surface area contributed by atoms with Crippen molar-refractivity contribution in [1.82, 2.24) is 4.90 Å². The van der Waals surface area contributed by atoms with Crippen molar-refractivity contribution in [1.29, 1.82) is 0 Å². The summed E-state index contributed by atoms with van der Waals surface area (Å²) in [6.45, 7) is 4.16. The maximum absolute atomic E-state index is 13.8. The summed E-state index contributed by atoms with van der Waals surface area (Å²) in [7, 11) is 5.94. The number of esters is 2. The largest absolute Gasteiger partial charge is 0.455 e. The number of piperidine rings is 1. The molecule has 13 heteroatoms. The summed E-state index contributed by atoms with van der Waals surface area (Å²) in [4.78, 5) is 29.2. The third-order valence-electron chi connectivity index (χ3n) is 13.2. The lowest BCUT2D eigenvalue weighted by atomic mass is 9.42. The van der Waals surface area contributed by atoms with Gasteiger partial charge < -0.3 is 48.8 Å². The third kappa shape index (κ3) is 3.75. The topological polar surface area (TPSA) is 174 Å². The number of carbonyl (C=O) groups is 2. The molecule has 0 radical (unpaired) electrons.